The molecule has 3 N–H and O–H groups in total. The van der Waals surface area contributed by atoms with Crippen molar-refractivity contribution in [1.29, 1.82) is 0 Å². The molecule has 4 atom stereocenters. The molecule has 8 heterocycles. The average Bonchev–Trinajstić information content (AvgIpc) is 4.07. The number of pyridine rings is 2. The standard InChI is InChI=1S/C20H24ClN9.C14H21ClN4.C6H4FN5/c21-16-10-24-20(25-11-16)29-7-4-14(5-8-29)18-9-15(18)3-6-22-19-2-1-17(12-23-19)30-13-26-27-28-30;15-12-8-17-14(18-9-12)19-5-2-10(3-6-19)13-7-11(13)1-4-16;7-6-2-1-5(3-8-6)12-4-9-10-11-12/h1-2,10-15,18H,3-9H2,(H,22,23);8-11,13H,1-7,16H2;1-4H/t15-,18-;11-,13-;/m11./s1. The van der Waals surface area contributed by atoms with Gasteiger partial charge in [0.25, 0.3) is 0 Å². The van der Waals surface area contributed by atoms with Crippen molar-refractivity contribution in [2.24, 2.45) is 41.2 Å². The van der Waals surface area contributed by atoms with Crippen molar-refractivity contribution in [3.8, 4) is 11.4 Å². The molecule has 320 valence electrons. The van der Waals surface area contributed by atoms with Crippen molar-refractivity contribution < 1.29 is 4.39 Å². The largest absolute Gasteiger partial charge is 0.370 e. The second-order valence-electron chi connectivity index (χ2n) is 15.9. The third-order valence-corrected chi connectivity index (χ3v) is 12.5. The summed E-state index contributed by atoms with van der Waals surface area (Å²) in [6.45, 7) is 6.00. The van der Waals surface area contributed by atoms with Crippen molar-refractivity contribution in [3.05, 3.63) is 90.1 Å². The van der Waals surface area contributed by atoms with E-state index in [-0.39, 0.29) is 0 Å². The lowest BCUT2D eigenvalue weighted by atomic mass is 9.90. The molecular formula is C40H49Cl2FN18. The Kier molecular flexibility index (Phi) is 14.1. The molecule has 2 saturated heterocycles. The van der Waals surface area contributed by atoms with Crippen LogP contribution in [0.25, 0.3) is 11.4 Å². The highest BCUT2D eigenvalue weighted by atomic mass is 35.5. The molecule has 6 aromatic heterocycles. The molecule has 6 aromatic rings. The normalized spacial score (nSPS) is 21.2. The van der Waals surface area contributed by atoms with Gasteiger partial charge in [-0.2, -0.15) is 13.8 Å². The first kappa shape index (κ1) is 42.2. The van der Waals surface area contributed by atoms with E-state index in [1.165, 1.54) is 74.6 Å². The number of hydrogen-bond acceptors (Lipinski definition) is 16. The SMILES string of the molecule is Clc1cnc(N2CCC([C@H]3C[C@H]3CCNc3ccc(-n4cnnn4)cn3)CC2)nc1.Fc1ccc(-n2cnnn2)cn1.NCC[C@@H]1C[C@@H]1C1CCN(c2ncc(Cl)cn2)CC1. The minimum atomic E-state index is -0.521. The quantitative estimate of drug-likeness (QED) is 0.148. The van der Waals surface area contributed by atoms with Gasteiger partial charge in [-0.15, -0.1) is 10.2 Å². The maximum Gasteiger partial charge on any atom is 0.225 e. The summed E-state index contributed by atoms with van der Waals surface area (Å²) in [5, 5.41) is 26.2. The Hall–Kier alpha value is -5.53. The fraction of sp³-hybridized carbons (Fsp3) is 0.500. The topological polar surface area (TPSA) is 209 Å². The zero-order valence-electron chi connectivity index (χ0n) is 33.7. The van der Waals surface area contributed by atoms with Crippen LogP contribution in [0.15, 0.2) is 74.1 Å². The maximum atomic E-state index is 12.4. The Labute approximate surface area is 362 Å². The van der Waals surface area contributed by atoms with E-state index in [2.05, 4.69) is 76.1 Å². The van der Waals surface area contributed by atoms with Crippen LogP contribution in [-0.2, 0) is 0 Å². The molecule has 2 aliphatic heterocycles. The van der Waals surface area contributed by atoms with E-state index in [4.69, 9.17) is 28.9 Å². The first-order chi connectivity index (χ1) is 29.9. The average molecular weight is 872 g/mol. The molecule has 2 saturated carbocycles. The van der Waals surface area contributed by atoms with E-state index >= 15 is 0 Å². The number of hydrogen-bond donors (Lipinski definition) is 2. The Morgan fingerprint density at radius 2 is 1.11 bits per heavy atom. The third-order valence-electron chi connectivity index (χ3n) is 12.1. The molecule has 0 radical (unpaired) electrons. The van der Waals surface area contributed by atoms with Gasteiger partial charge in [0.1, 0.15) is 18.5 Å². The molecule has 0 unspecified atom stereocenters. The summed E-state index contributed by atoms with van der Waals surface area (Å²) in [4.78, 5) is 29.7. The van der Waals surface area contributed by atoms with Gasteiger partial charge in [0, 0.05) is 32.7 Å². The fourth-order valence-corrected chi connectivity index (χ4v) is 8.84. The van der Waals surface area contributed by atoms with Crippen LogP contribution < -0.4 is 20.9 Å². The number of nitrogens with zero attached hydrogens (tertiary/aromatic N) is 16. The van der Waals surface area contributed by atoms with Crippen LogP contribution in [0.4, 0.5) is 22.1 Å². The van der Waals surface area contributed by atoms with Gasteiger partial charge in [-0.05, 0) is 139 Å². The molecule has 0 bridgehead atoms. The summed E-state index contributed by atoms with van der Waals surface area (Å²) in [6.07, 6.45) is 22.9. The summed E-state index contributed by atoms with van der Waals surface area (Å²) >= 11 is 11.7. The molecule has 10 rings (SSSR count). The van der Waals surface area contributed by atoms with E-state index < -0.39 is 5.95 Å². The van der Waals surface area contributed by atoms with E-state index in [0.717, 1.165) is 98.2 Å². The van der Waals surface area contributed by atoms with Gasteiger partial charge in [0.15, 0.2) is 0 Å². The molecule has 61 heavy (non-hydrogen) atoms. The molecule has 18 nitrogen and oxygen atoms in total. The van der Waals surface area contributed by atoms with Crippen molar-refractivity contribution in [1.82, 2.24) is 70.3 Å². The number of halogens is 3. The van der Waals surface area contributed by atoms with Crippen molar-refractivity contribution >= 4 is 40.9 Å². The lowest BCUT2D eigenvalue weighted by Crippen LogP contribution is -2.35. The Morgan fingerprint density at radius 1 is 0.623 bits per heavy atom. The Balaban J connectivity index is 0.000000141. The highest BCUT2D eigenvalue weighted by Crippen LogP contribution is 2.50. The van der Waals surface area contributed by atoms with E-state index in [9.17, 15) is 4.39 Å². The second-order valence-corrected chi connectivity index (χ2v) is 16.8. The summed E-state index contributed by atoms with van der Waals surface area (Å²) in [5.74, 6) is 7.26. The molecule has 21 heteroatoms. The van der Waals surface area contributed by atoms with Crippen molar-refractivity contribution in [3.63, 3.8) is 0 Å². The van der Waals surface area contributed by atoms with Crippen LogP contribution in [0.1, 0.15) is 51.4 Å². The number of piperidine rings is 2. The number of aromatic nitrogens is 14. The number of rotatable bonds is 12. The number of tetrazole rings is 2. The lowest BCUT2D eigenvalue weighted by Gasteiger charge is -2.32. The van der Waals surface area contributed by atoms with Crippen molar-refractivity contribution in [2.45, 2.75) is 51.4 Å². The maximum absolute atomic E-state index is 12.4. The van der Waals surface area contributed by atoms with E-state index in [0.29, 0.717) is 15.7 Å². The smallest absolute Gasteiger partial charge is 0.225 e. The zero-order valence-corrected chi connectivity index (χ0v) is 35.2. The highest BCUT2D eigenvalue weighted by Gasteiger charge is 2.44. The second kappa shape index (κ2) is 20.4. The summed E-state index contributed by atoms with van der Waals surface area (Å²) < 4.78 is 15.3. The Morgan fingerprint density at radius 3 is 1.54 bits per heavy atom. The molecule has 0 amide bonds. The molecule has 4 aliphatic rings. The van der Waals surface area contributed by atoms with Crippen LogP contribution in [0.5, 0.6) is 0 Å². The highest BCUT2D eigenvalue weighted by molar-refractivity contribution is 6.30. The first-order valence-electron chi connectivity index (χ1n) is 20.8. The fourth-order valence-electron chi connectivity index (χ4n) is 8.64. The van der Waals surface area contributed by atoms with E-state index in [1.54, 1.807) is 48.1 Å². The molecule has 0 aromatic carbocycles. The van der Waals surface area contributed by atoms with E-state index in [1.807, 2.05) is 12.1 Å². The lowest BCUT2D eigenvalue weighted by molar-refractivity contribution is 0.342. The number of nitrogens with one attached hydrogen (secondary N) is 1. The van der Waals surface area contributed by atoms with Crippen LogP contribution in [0.3, 0.4) is 0 Å². The number of anilines is 3. The first-order valence-corrected chi connectivity index (χ1v) is 21.6. The zero-order chi connectivity index (χ0) is 42.0. The predicted octanol–water partition coefficient (Wildman–Crippen LogP) is 5.38. The summed E-state index contributed by atoms with van der Waals surface area (Å²) in [5.41, 5.74) is 7.11. The van der Waals surface area contributed by atoms with Gasteiger partial charge in [0.2, 0.25) is 17.8 Å². The van der Waals surface area contributed by atoms with Gasteiger partial charge in [-0.3, -0.25) is 0 Å². The Bertz CT molecular complexity index is 2180. The monoisotopic (exact) mass is 870 g/mol. The van der Waals surface area contributed by atoms with Crippen LogP contribution in [-0.4, -0.2) is 110 Å². The van der Waals surface area contributed by atoms with Gasteiger partial charge in [-0.1, -0.05) is 23.2 Å². The van der Waals surface area contributed by atoms with Gasteiger partial charge in [-0.25, -0.2) is 29.9 Å². The summed E-state index contributed by atoms with van der Waals surface area (Å²) in [7, 11) is 0. The van der Waals surface area contributed by atoms with Crippen molar-refractivity contribution in [2.75, 3.05) is 54.4 Å². The minimum absolute atomic E-state index is 0.521. The molecular weight excluding hydrogens is 822 g/mol. The molecule has 4 fully saturated rings. The van der Waals surface area contributed by atoms with Crippen LogP contribution in [0, 0.1) is 41.5 Å². The van der Waals surface area contributed by atoms with Crippen LogP contribution in [0.2, 0.25) is 10.0 Å². The predicted molar refractivity (Wildman–Crippen MR) is 228 cm³/mol. The molecule has 2 aliphatic carbocycles. The van der Waals surface area contributed by atoms with Gasteiger partial charge < -0.3 is 20.9 Å². The molecule has 0 spiro atoms. The minimum Gasteiger partial charge on any atom is -0.370 e. The van der Waals surface area contributed by atoms with Gasteiger partial charge >= 0.3 is 0 Å². The van der Waals surface area contributed by atoms with Gasteiger partial charge in [0.05, 0.1) is 58.6 Å². The third kappa shape index (κ3) is 11.6. The number of nitrogens with two attached hydrogens (primary N) is 1. The summed E-state index contributed by atoms with van der Waals surface area (Å²) in [6, 6.07) is 6.72. The van der Waals surface area contributed by atoms with Crippen LogP contribution >= 0.6 is 23.2 Å².